The molecule has 0 aliphatic carbocycles. The lowest BCUT2D eigenvalue weighted by atomic mass is 9.93. The molecule has 0 bridgehead atoms. The van der Waals surface area contributed by atoms with Crippen LogP contribution < -0.4 is 21.3 Å². The molecule has 0 radical (unpaired) electrons. The molecule has 26 N–H and O–H groups in total. The van der Waals surface area contributed by atoms with Crippen molar-refractivity contribution in [1.29, 1.82) is 0 Å². The van der Waals surface area contributed by atoms with E-state index in [0.717, 1.165) is 85.0 Å². The van der Waals surface area contributed by atoms with Gasteiger partial charge in [-0.3, -0.25) is 19.2 Å². The highest BCUT2D eigenvalue weighted by molar-refractivity contribution is 5.76. The molecule has 8 aliphatic rings. The molecule has 0 aromatic carbocycles. The van der Waals surface area contributed by atoms with Crippen LogP contribution in [0.4, 0.5) is 0 Å². The van der Waals surface area contributed by atoms with Crippen LogP contribution in [0.25, 0.3) is 0 Å². The minimum atomic E-state index is -2.37. The van der Waals surface area contributed by atoms with Crippen LogP contribution in [-0.4, -0.2) is 446 Å². The summed E-state index contributed by atoms with van der Waals surface area (Å²) in [6.45, 7) is 0.630. The van der Waals surface area contributed by atoms with E-state index in [4.69, 9.17) is 75.8 Å². The summed E-state index contributed by atoms with van der Waals surface area (Å²) >= 11 is 0. The quantitative estimate of drug-likeness (QED) is 0.0217. The number of carbonyl (C=O) groups is 4. The van der Waals surface area contributed by atoms with Crippen molar-refractivity contribution in [3.8, 4) is 0 Å². The Balaban J connectivity index is 0.903. The van der Waals surface area contributed by atoms with Crippen LogP contribution in [0.1, 0.15) is 260 Å². The summed E-state index contributed by atoms with van der Waals surface area (Å²) < 4.78 is 96.7. The minimum Gasteiger partial charge on any atom is -0.394 e. The standard InChI is InChI=1S/C98H174N4O42/c1-7-9-11-13-15-17-19-21-22-23-24-25-26-27-28-29-30-32-34-36-38-40-42-44-66(114)102-57(58(113)43-41-39-37-35-33-31-20-18-16-14-12-10-8-2)52-129-94-81(126)79(124)86(65(51-109)137-94)139-97-83(128)88(73(118)61(47-105)133-97)142-92-68(100-55(5)111)76(121)84(63(49-107)135-92)138-96-82(127)87(72(117)60(46-104)132-96)141-93-69(101-56(6)112)77(122)85(64(50-108)136-93)140-98-90(144-95-80(125)78(123)70(115)53(3)130-95)89(74(119)62(48-106)134-98)143-91-67(99-54(4)110)75(120)71(116)59(45-103)131-91/h21-22,41,43,53,57-65,67-98,103-109,113,115-128H,7-20,23-40,42,44-52H2,1-6H3,(H,99,110)(H,100,111)(H,101,112)(H,102,114)/b22-21-,43-41+/t53?,57-,58+,59?,60?,61?,62?,63?,64?,65?,67?,68?,69?,70+,71-,72-,73-,74-,75+,76+,77+,78?,79+,80-,81?,82?,83?,84+,85+,86+,87-,88-,89-,90?,91+,92-,93-,94+,95+,96-,97-,98-/m0/s1. The number of amides is 4. The molecular formula is C98H174N4O42. The second kappa shape index (κ2) is 66.1. The Morgan fingerprint density at radius 3 is 0.986 bits per heavy atom. The molecule has 42 atom stereocenters. The number of rotatable bonds is 65. The van der Waals surface area contributed by atoms with E-state index in [1.807, 2.05) is 6.08 Å². The largest absolute Gasteiger partial charge is 0.394 e. The van der Waals surface area contributed by atoms with Gasteiger partial charge in [0, 0.05) is 27.2 Å². The average molecular weight is 2080 g/mol. The molecule has 0 aromatic heterocycles. The molecule has 16 unspecified atom stereocenters. The van der Waals surface area contributed by atoms with Gasteiger partial charge in [0.15, 0.2) is 50.3 Å². The van der Waals surface area contributed by atoms with Gasteiger partial charge < -0.3 is 209 Å². The van der Waals surface area contributed by atoms with E-state index in [9.17, 15) is 132 Å². The summed E-state index contributed by atoms with van der Waals surface area (Å²) in [4.78, 5) is 52.6. The van der Waals surface area contributed by atoms with Crippen molar-refractivity contribution in [2.75, 3.05) is 52.9 Å². The van der Waals surface area contributed by atoms with Crippen molar-refractivity contribution in [3.05, 3.63) is 24.3 Å². The maximum atomic E-state index is 13.7. The molecule has 8 aliphatic heterocycles. The summed E-state index contributed by atoms with van der Waals surface area (Å²) in [6, 6.07) is -6.72. The first-order valence-corrected chi connectivity index (χ1v) is 52.5. The molecule has 0 aromatic rings. The second-order valence-electron chi connectivity index (χ2n) is 39.5. The molecule has 8 saturated heterocycles. The van der Waals surface area contributed by atoms with Gasteiger partial charge >= 0.3 is 0 Å². The predicted molar refractivity (Wildman–Crippen MR) is 506 cm³/mol. The van der Waals surface area contributed by atoms with Gasteiger partial charge in [-0.25, -0.2) is 0 Å². The van der Waals surface area contributed by atoms with E-state index >= 15 is 0 Å². The van der Waals surface area contributed by atoms with Gasteiger partial charge in [0.1, 0.15) is 189 Å². The topological polar surface area (TPSA) is 709 Å². The third kappa shape index (κ3) is 37.4. The van der Waals surface area contributed by atoms with Crippen LogP contribution in [0.5, 0.6) is 0 Å². The maximum absolute atomic E-state index is 13.7. The fraction of sp³-hybridized carbons (Fsp3) is 0.918. The zero-order valence-electron chi connectivity index (χ0n) is 84.3. The van der Waals surface area contributed by atoms with Crippen LogP contribution in [0.2, 0.25) is 0 Å². The lowest BCUT2D eigenvalue weighted by Crippen LogP contribution is -2.71. The highest BCUT2D eigenvalue weighted by Crippen LogP contribution is 2.41. The number of ether oxygens (including phenoxy) is 16. The summed E-state index contributed by atoms with van der Waals surface area (Å²) in [7, 11) is 0. The number of allylic oxidation sites excluding steroid dienone is 3. The highest BCUT2D eigenvalue weighted by Gasteiger charge is 2.61. The smallest absolute Gasteiger partial charge is 0.220 e. The van der Waals surface area contributed by atoms with E-state index < -0.39 is 328 Å². The number of aliphatic hydroxyl groups is 22. The van der Waals surface area contributed by atoms with Crippen LogP contribution in [-0.2, 0) is 95.0 Å². The molecule has 4 amide bonds. The van der Waals surface area contributed by atoms with Crippen molar-refractivity contribution in [2.45, 2.75) is 517 Å². The fourth-order valence-electron chi connectivity index (χ4n) is 19.5. The number of unbranched alkanes of at least 4 members (excludes halogenated alkanes) is 30. The first-order valence-electron chi connectivity index (χ1n) is 52.5. The highest BCUT2D eigenvalue weighted by atomic mass is 16.8. The molecule has 0 spiro atoms. The number of carbonyl (C=O) groups excluding carboxylic acids is 4. The van der Waals surface area contributed by atoms with Gasteiger partial charge in [0.25, 0.3) is 0 Å². The third-order valence-corrected chi connectivity index (χ3v) is 28.0. The SMILES string of the molecule is CCCCCCCC/C=C\CCCCCCCCCCCCCCCC(=O)N[C@@H](CO[C@@H]1OC(CO)[C@@H](O[C@@H]2OC(CO)[C@H](O)[C@H](O[C@@H]3OC(CO)[C@@H](O[C@@H]4OC(CO)[C@H](O)[C@H](O[C@@H]5OC(CO)[C@@H](O[C@@H]6OC(CO)[C@H](O)[C@H](O[C@H]7OC(CO)[C@H](O)[C@H](O)C7NC(C)=O)C6O[C@H]6OC(C)[C@@H](O)C(O)[C@@H]6O)[C@H](O)C5NC(C)=O)C4O)[C@H](O)C3NC(C)=O)C2O)[C@H](O)C1O)[C@H](O)/C=C/CCCCCCCCCCCCC. The van der Waals surface area contributed by atoms with E-state index in [1.54, 1.807) is 6.08 Å². The second-order valence-corrected chi connectivity index (χ2v) is 39.5. The van der Waals surface area contributed by atoms with E-state index in [1.165, 1.54) is 142 Å². The summed E-state index contributed by atoms with van der Waals surface area (Å²) in [6.07, 6.45) is -29.1. The molecule has 8 heterocycles. The average Bonchev–Trinajstić information content (AvgIpc) is 0.754. The molecule has 46 heteroatoms. The van der Waals surface area contributed by atoms with E-state index in [-0.39, 0.29) is 12.3 Å². The Kier molecular flexibility index (Phi) is 57.3. The van der Waals surface area contributed by atoms with Crippen LogP contribution in [0.3, 0.4) is 0 Å². The number of hydrogen-bond donors (Lipinski definition) is 26. The van der Waals surface area contributed by atoms with Crippen molar-refractivity contribution < 1.29 is 207 Å². The monoisotopic (exact) mass is 2080 g/mol. The molecule has 144 heavy (non-hydrogen) atoms. The van der Waals surface area contributed by atoms with Crippen LogP contribution in [0.15, 0.2) is 24.3 Å². The first-order chi connectivity index (χ1) is 69.1. The molecular weight excluding hydrogens is 1910 g/mol. The normalized spacial score (nSPS) is 38.1. The van der Waals surface area contributed by atoms with Gasteiger partial charge in [0.2, 0.25) is 23.6 Å². The molecule has 838 valence electrons. The maximum Gasteiger partial charge on any atom is 0.220 e. The summed E-state index contributed by atoms with van der Waals surface area (Å²) in [5.74, 6) is -3.05. The number of hydrogen-bond acceptors (Lipinski definition) is 42. The van der Waals surface area contributed by atoms with Gasteiger partial charge in [0.05, 0.1) is 71.1 Å². The Morgan fingerprint density at radius 2 is 0.583 bits per heavy atom. The van der Waals surface area contributed by atoms with Crippen molar-refractivity contribution in [3.63, 3.8) is 0 Å². The van der Waals surface area contributed by atoms with Crippen molar-refractivity contribution in [1.82, 2.24) is 21.3 Å². The van der Waals surface area contributed by atoms with Gasteiger partial charge in [-0.05, 0) is 51.9 Å². The van der Waals surface area contributed by atoms with Crippen LogP contribution in [0, 0.1) is 0 Å². The van der Waals surface area contributed by atoms with Gasteiger partial charge in [-0.15, -0.1) is 0 Å². The number of nitrogens with one attached hydrogen (secondary N) is 4. The minimum absolute atomic E-state index is 0.150. The Hall–Kier alpha value is -4.16. The van der Waals surface area contributed by atoms with E-state index in [2.05, 4.69) is 47.3 Å². The van der Waals surface area contributed by atoms with Crippen LogP contribution >= 0.6 is 0 Å². The lowest BCUT2D eigenvalue weighted by molar-refractivity contribution is -0.402. The van der Waals surface area contributed by atoms with Gasteiger partial charge in [-0.2, -0.15) is 0 Å². The van der Waals surface area contributed by atoms with E-state index in [0.29, 0.717) is 12.8 Å². The Labute approximate surface area is 843 Å². The summed E-state index contributed by atoms with van der Waals surface area (Å²) in [5.41, 5.74) is 0. The van der Waals surface area contributed by atoms with Gasteiger partial charge in [-0.1, -0.05) is 205 Å². The molecule has 0 saturated carbocycles. The Bertz CT molecular complexity index is 3580. The predicted octanol–water partition coefficient (Wildman–Crippen LogP) is -2.71. The first kappa shape index (κ1) is 125. The summed E-state index contributed by atoms with van der Waals surface area (Å²) in [5, 5.41) is 261. The zero-order chi connectivity index (χ0) is 105. The van der Waals surface area contributed by atoms with Crippen molar-refractivity contribution >= 4 is 23.6 Å². The number of aliphatic hydroxyl groups excluding tert-OH is 22. The fourth-order valence-corrected chi connectivity index (χ4v) is 19.5. The molecule has 8 rings (SSSR count). The Morgan fingerprint density at radius 1 is 0.285 bits per heavy atom. The molecule has 8 fully saturated rings. The lowest BCUT2D eigenvalue weighted by Gasteiger charge is -2.52. The third-order valence-electron chi connectivity index (χ3n) is 28.0. The zero-order valence-corrected chi connectivity index (χ0v) is 84.3. The van der Waals surface area contributed by atoms with Crippen molar-refractivity contribution in [2.24, 2.45) is 0 Å². The molecule has 46 nitrogen and oxygen atoms in total.